The lowest BCUT2D eigenvalue weighted by Gasteiger charge is -2.34. The topological polar surface area (TPSA) is 58.1 Å². The Hall–Kier alpha value is -3.47. The molecule has 1 N–H and O–H groups in total. The summed E-state index contributed by atoms with van der Waals surface area (Å²) in [5.41, 5.74) is 4.74. The molecule has 1 saturated heterocycles. The Labute approximate surface area is 158 Å². The van der Waals surface area contributed by atoms with Gasteiger partial charge in [0.25, 0.3) is 5.91 Å². The van der Waals surface area contributed by atoms with Gasteiger partial charge in [-0.15, -0.1) is 0 Å². The molecule has 5 heteroatoms. The van der Waals surface area contributed by atoms with E-state index in [1.54, 1.807) is 6.20 Å². The van der Waals surface area contributed by atoms with Crippen LogP contribution in [-0.4, -0.2) is 33.9 Å². The highest BCUT2D eigenvalue weighted by Gasteiger charge is 2.16. The van der Waals surface area contributed by atoms with Crippen molar-refractivity contribution in [1.29, 1.82) is 0 Å². The highest BCUT2D eigenvalue weighted by atomic mass is 16.1. The highest BCUT2D eigenvalue weighted by Crippen LogP contribution is 2.25. The number of para-hydroxylation sites is 1. The number of nitrogens with zero attached hydrogens (tertiary/aromatic N) is 3. The Morgan fingerprint density at radius 1 is 1.00 bits per heavy atom. The second kappa shape index (κ2) is 7.41. The van der Waals surface area contributed by atoms with Crippen LogP contribution in [0.5, 0.6) is 0 Å². The van der Waals surface area contributed by atoms with E-state index in [2.05, 4.69) is 26.8 Å². The summed E-state index contributed by atoms with van der Waals surface area (Å²) in [6.07, 6.45) is 4.37. The fourth-order valence-electron chi connectivity index (χ4n) is 2.93. The monoisotopic (exact) mass is 356 g/mol. The molecule has 2 heterocycles. The molecule has 0 aliphatic carbocycles. The maximum atomic E-state index is 12.4. The van der Waals surface area contributed by atoms with Gasteiger partial charge in [0.1, 0.15) is 5.69 Å². The van der Waals surface area contributed by atoms with Crippen molar-refractivity contribution in [3.8, 4) is 11.3 Å². The summed E-state index contributed by atoms with van der Waals surface area (Å²) in [4.78, 5) is 23.3. The van der Waals surface area contributed by atoms with E-state index in [0.29, 0.717) is 5.69 Å². The van der Waals surface area contributed by atoms with Crippen LogP contribution in [0.25, 0.3) is 17.0 Å². The summed E-state index contributed by atoms with van der Waals surface area (Å²) >= 11 is 0. The molecule has 3 aromatic rings. The first-order chi connectivity index (χ1) is 13.2. The van der Waals surface area contributed by atoms with E-state index in [9.17, 15) is 4.79 Å². The normalized spacial score (nSPS) is 13.0. The molecular weight excluding hydrogens is 336 g/mol. The number of hydrogen-bond donors (Lipinski definition) is 1. The van der Waals surface area contributed by atoms with E-state index in [-0.39, 0.29) is 11.6 Å². The fraction of sp³-hybridized carbons (Fsp3) is 0.136. The number of anilines is 1. The zero-order valence-corrected chi connectivity index (χ0v) is 14.9. The highest BCUT2D eigenvalue weighted by molar-refractivity contribution is 6.02. The molecule has 5 nitrogen and oxygen atoms in total. The van der Waals surface area contributed by atoms with Crippen molar-refractivity contribution in [2.75, 3.05) is 18.4 Å². The summed E-state index contributed by atoms with van der Waals surface area (Å²) < 4.78 is 0. The third kappa shape index (κ3) is 3.72. The second-order valence-corrected chi connectivity index (χ2v) is 6.47. The summed E-state index contributed by atoms with van der Waals surface area (Å²) in [6.45, 7) is 6.32. The molecule has 0 radical (unpaired) electrons. The average Bonchev–Trinajstić information content (AvgIpc) is 2.67. The molecule has 1 aliphatic rings. The van der Waals surface area contributed by atoms with Crippen LogP contribution in [0.2, 0.25) is 0 Å². The molecule has 4 rings (SSSR count). The van der Waals surface area contributed by atoms with Gasteiger partial charge < -0.3 is 10.2 Å². The van der Waals surface area contributed by atoms with Gasteiger partial charge in [-0.05, 0) is 24.1 Å². The molecule has 0 atom stereocenters. The SMILES string of the molecule is C=C(c1ccc(-c2cncc(C(=O)Nc3ccccc3)n2)cc1)N1CCC1. The van der Waals surface area contributed by atoms with Crippen molar-refractivity contribution in [2.45, 2.75) is 6.42 Å². The number of carbonyl (C=O) groups excluding carboxylic acids is 1. The minimum Gasteiger partial charge on any atom is -0.371 e. The second-order valence-electron chi connectivity index (χ2n) is 6.47. The summed E-state index contributed by atoms with van der Waals surface area (Å²) in [5.74, 6) is -0.279. The smallest absolute Gasteiger partial charge is 0.275 e. The molecule has 1 aliphatic heterocycles. The molecule has 27 heavy (non-hydrogen) atoms. The molecule has 0 spiro atoms. The third-order valence-electron chi connectivity index (χ3n) is 4.65. The van der Waals surface area contributed by atoms with Crippen molar-refractivity contribution in [3.63, 3.8) is 0 Å². The molecule has 1 fully saturated rings. The van der Waals surface area contributed by atoms with Gasteiger partial charge in [-0.1, -0.05) is 49.0 Å². The predicted molar refractivity (Wildman–Crippen MR) is 107 cm³/mol. The summed E-state index contributed by atoms with van der Waals surface area (Å²) in [7, 11) is 0. The van der Waals surface area contributed by atoms with Crippen molar-refractivity contribution >= 4 is 17.3 Å². The van der Waals surface area contributed by atoms with Crippen molar-refractivity contribution in [2.24, 2.45) is 0 Å². The van der Waals surface area contributed by atoms with Crippen LogP contribution in [0.3, 0.4) is 0 Å². The zero-order valence-electron chi connectivity index (χ0n) is 14.9. The molecular formula is C22H20N4O. The molecule has 2 aromatic carbocycles. The standard InChI is InChI=1S/C22H20N4O/c1-16(26-12-5-13-26)17-8-10-18(11-9-17)20-14-23-15-21(25-20)22(27)24-19-6-3-2-4-7-19/h2-4,6-11,14-15H,1,5,12-13H2,(H,24,27). The fourth-order valence-corrected chi connectivity index (χ4v) is 2.93. The van der Waals surface area contributed by atoms with E-state index >= 15 is 0 Å². The summed E-state index contributed by atoms with van der Waals surface area (Å²) in [6, 6.07) is 17.4. The lowest BCUT2D eigenvalue weighted by atomic mass is 10.0. The van der Waals surface area contributed by atoms with E-state index in [1.165, 1.54) is 12.6 Å². The van der Waals surface area contributed by atoms with Crippen LogP contribution < -0.4 is 5.32 Å². The molecule has 134 valence electrons. The summed E-state index contributed by atoms with van der Waals surface area (Å²) in [5, 5.41) is 2.83. The van der Waals surface area contributed by atoms with Crippen molar-refractivity contribution in [3.05, 3.63) is 84.8 Å². The van der Waals surface area contributed by atoms with Gasteiger partial charge in [0.05, 0.1) is 18.1 Å². The Balaban J connectivity index is 1.51. The van der Waals surface area contributed by atoms with Crippen LogP contribution >= 0.6 is 0 Å². The molecule has 1 amide bonds. The number of carbonyl (C=O) groups is 1. The largest absolute Gasteiger partial charge is 0.371 e. The molecule has 1 aromatic heterocycles. The predicted octanol–water partition coefficient (Wildman–Crippen LogP) is 4.07. The van der Waals surface area contributed by atoms with Crippen molar-refractivity contribution < 1.29 is 4.79 Å². The number of amides is 1. The Bertz CT molecular complexity index is 963. The van der Waals surface area contributed by atoms with Crippen LogP contribution in [0.15, 0.2) is 73.6 Å². The Morgan fingerprint density at radius 2 is 1.74 bits per heavy atom. The molecule has 0 unspecified atom stereocenters. The molecule has 0 saturated carbocycles. The van der Waals surface area contributed by atoms with Gasteiger partial charge in [0.15, 0.2) is 0 Å². The van der Waals surface area contributed by atoms with Crippen molar-refractivity contribution in [1.82, 2.24) is 14.9 Å². The maximum absolute atomic E-state index is 12.4. The number of likely N-dealkylation sites (tertiary alicyclic amines) is 1. The van der Waals surface area contributed by atoms with Gasteiger partial charge in [0, 0.05) is 30.0 Å². The lowest BCUT2D eigenvalue weighted by Crippen LogP contribution is -2.34. The Kier molecular flexibility index (Phi) is 4.66. The molecule has 0 bridgehead atoms. The Morgan fingerprint density at radius 3 is 2.41 bits per heavy atom. The minimum absolute atomic E-state index is 0.279. The number of nitrogens with one attached hydrogen (secondary N) is 1. The number of aromatic nitrogens is 2. The first-order valence-corrected chi connectivity index (χ1v) is 8.94. The van der Waals surface area contributed by atoms with E-state index in [0.717, 1.165) is 35.6 Å². The lowest BCUT2D eigenvalue weighted by molar-refractivity contribution is 0.102. The minimum atomic E-state index is -0.279. The first-order valence-electron chi connectivity index (χ1n) is 8.94. The number of benzene rings is 2. The quantitative estimate of drug-likeness (QED) is 0.749. The van der Waals surface area contributed by atoms with Gasteiger partial charge in [-0.2, -0.15) is 0 Å². The van der Waals surface area contributed by atoms with Crippen LogP contribution in [-0.2, 0) is 0 Å². The van der Waals surface area contributed by atoms with E-state index < -0.39 is 0 Å². The van der Waals surface area contributed by atoms with Crippen LogP contribution in [0, 0.1) is 0 Å². The third-order valence-corrected chi connectivity index (χ3v) is 4.65. The van der Waals surface area contributed by atoms with Gasteiger partial charge >= 0.3 is 0 Å². The first kappa shape index (κ1) is 17.0. The maximum Gasteiger partial charge on any atom is 0.275 e. The number of hydrogen-bond acceptors (Lipinski definition) is 4. The van der Waals surface area contributed by atoms with E-state index in [4.69, 9.17) is 0 Å². The van der Waals surface area contributed by atoms with Gasteiger partial charge in [-0.25, -0.2) is 4.98 Å². The average molecular weight is 356 g/mol. The van der Waals surface area contributed by atoms with E-state index in [1.807, 2.05) is 54.6 Å². The zero-order chi connectivity index (χ0) is 18.6. The van der Waals surface area contributed by atoms with Crippen LogP contribution in [0.4, 0.5) is 5.69 Å². The van der Waals surface area contributed by atoms with Crippen LogP contribution in [0.1, 0.15) is 22.5 Å². The van der Waals surface area contributed by atoms with Gasteiger partial charge in [0.2, 0.25) is 0 Å². The van der Waals surface area contributed by atoms with Gasteiger partial charge in [-0.3, -0.25) is 9.78 Å². The number of rotatable bonds is 5.